The van der Waals surface area contributed by atoms with E-state index in [0.717, 1.165) is 0 Å². The molecule has 110 valence electrons. The Bertz CT molecular complexity index is 539. The second kappa shape index (κ2) is 9.47. The summed E-state index contributed by atoms with van der Waals surface area (Å²) in [5, 5.41) is 0. The molecular weight excluding hydrogens is 371 g/mol. The Morgan fingerprint density at radius 3 is 0.955 bits per heavy atom. The van der Waals surface area contributed by atoms with E-state index in [-0.39, 0.29) is 21.1 Å². The fourth-order valence-electron chi connectivity index (χ4n) is 2.51. The number of hydrogen-bond donors (Lipinski definition) is 0. The summed E-state index contributed by atoms with van der Waals surface area (Å²) in [4.78, 5) is 4.59. The Morgan fingerprint density at radius 1 is 0.500 bits per heavy atom. The first-order chi connectivity index (χ1) is 10.9. The first-order valence-electron chi connectivity index (χ1n) is 7.60. The Balaban J connectivity index is 0.000000545. The van der Waals surface area contributed by atoms with E-state index in [2.05, 4.69) is 101 Å². The molecule has 22 heavy (non-hydrogen) atoms. The van der Waals surface area contributed by atoms with Crippen LogP contribution in [0.3, 0.4) is 0 Å². The molecule has 0 amide bonds. The van der Waals surface area contributed by atoms with E-state index in [1.54, 1.807) is 0 Å². The number of rotatable bonds is 3. The molecule has 0 spiro atoms. The smallest absolute Gasteiger partial charge is 0.0339 e. The second-order valence-corrected chi connectivity index (χ2v) is 8.02. The summed E-state index contributed by atoms with van der Waals surface area (Å²) < 4.78 is 0. The van der Waals surface area contributed by atoms with E-state index in [0.29, 0.717) is 5.92 Å². The zero-order valence-corrected chi connectivity index (χ0v) is 16.1. The van der Waals surface area contributed by atoms with E-state index < -0.39 is 0 Å². The van der Waals surface area contributed by atoms with E-state index in [1.807, 2.05) is 0 Å². The normalized spacial score (nSPS) is 9.95. The molecule has 0 saturated heterocycles. The van der Waals surface area contributed by atoms with Gasteiger partial charge >= 0.3 is 31.0 Å². The van der Waals surface area contributed by atoms with Crippen molar-refractivity contribution in [1.82, 2.24) is 0 Å². The van der Waals surface area contributed by atoms with E-state index in [9.17, 15) is 0 Å². The summed E-state index contributed by atoms with van der Waals surface area (Å²) in [5.74, 6) is 0.309. The predicted octanol–water partition coefficient (Wildman–Crippen LogP) is 5.65. The summed E-state index contributed by atoms with van der Waals surface area (Å²) in [6, 6.07) is 32.0. The molecule has 0 aromatic heterocycles. The van der Waals surface area contributed by atoms with Gasteiger partial charge in [0.05, 0.1) is 0 Å². The van der Waals surface area contributed by atoms with Crippen LogP contribution < -0.4 is 0 Å². The van der Waals surface area contributed by atoms with Gasteiger partial charge in [-0.1, -0.05) is 91.0 Å². The Labute approximate surface area is 144 Å². The molecule has 3 aromatic carbocycles. The van der Waals surface area contributed by atoms with Crippen molar-refractivity contribution in [3.63, 3.8) is 0 Å². The summed E-state index contributed by atoms with van der Waals surface area (Å²) in [5.41, 5.74) is 4.00. The van der Waals surface area contributed by atoms with Crippen molar-refractivity contribution in [2.75, 3.05) is 0 Å². The summed E-state index contributed by atoms with van der Waals surface area (Å²) in [6.07, 6.45) is 0. The van der Waals surface area contributed by atoms with Crippen LogP contribution in [0, 0.1) is 0 Å². The van der Waals surface area contributed by atoms with Crippen molar-refractivity contribution < 1.29 is 0 Å². The summed E-state index contributed by atoms with van der Waals surface area (Å²) in [6.45, 7) is 0. The van der Waals surface area contributed by atoms with Gasteiger partial charge in [0, 0.05) is 5.92 Å². The fraction of sp³-hybridized carbons (Fsp3) is 0.143. The third-order valence-electron chi connectivity index (χ3n) is 3.40. The summed E-state index contributed by atoms with van der Waals surface area (Å²) in [7, 11) is 0. The topological polar surface area (TPSA) is 0 Å². The SMILES string of the molecule is [CH3][Sn][CH3].c1ccc(C(c2ccccc2)c2ccccc2)cc1. The standard InChI is InChI=1S/C19H16.2CH3.Sn/c1-4-10-16(11-5-1)19(17-12-6-2-7-13-17)18-14-8-3-9-15-18;;;/h1-15,19H;2*1H3;. The molecule has 1 heteroatoms. The molecule has 0 saturated carbocycles. The van der Waals surface area contributed by atoms with E-state index in [4.69, 9.17) is 0 Å². The van der Waals surface area contributed by atoms with Crippen molar-refractivity contribution in [2.24, 2.45) is 0 Å². The molecular formula is C21H22Sn. The Hall–Kier alpha value is -1.54. The molecule has 0 aliphatic rings. The molecule has 3 rings (SSSR count). The van der Waals surface area contributed by atoms with Gasteiger partial charge in [-0.05, 0) is 16.7 Å². The third kappa shape index (κ3) is 4.74. The van der Waals surface area contributed by atoms with Gasteiger partial charge in [-0.3, -0.25) is 0 Å². The number of benzene rings is 3. The van der Waals surface area contributed by atoms with Crippen molar-refractivity contribution in [2.45, 2.75) is 15.8 Å². The molecule has 0 fully saturated rings. The van der Waals surface area contributed by atoms with Crippen LogP contribution in [-0.4, -0.2) is 21.1 Å². The molecule has 0 nitrogen and oxygen atoms in total. The van der Waals surface area contributed by atoms with Crippen molar-refractivity contribution in [3.05, 3.63) is 108 Å². The maximum absolute atomic E-state index is 2.30. The predicted molar refractivity (Wildman–Crippen MR) is 97.8 cm³/mol. The van der Waals surface area contributed by atoms with Crippen LogP contribution in [0.2, 0.25) is 9.88 Å². The van der Waals surface area contributed by atoms with Gasteiger partial charge in [0.25, 0.3) is 0 Å². The largest absolute Gasteiger partial charge is 0.0622 e. The van der Waals surface area contributed by atoms with Crippen molar-refractivity contribution in [1.29, 1.82) is 0 Å². The van der Waals surface area contributed by atoms with Gasteiger partial charge in [0.1, 0.15) is 0 Å². The molecule has 0 aliphatic carbocycles. The first kappa shape index (κ1) is 16.8. The zero-order chi connectivity index (χ0) is 15.6. The monoisotopic (exact) mass is 394 g/mol. The van der Waals surface area contributed by atoms with Crippen LogP contribution in [0.4, 0.5) is 0 Å². The van der Waals surface area contributed by atoms with Gasteiger partial charge in [-0.15, -0.1) is 0 Å². The van der Waals surface area contributed by atoms with Crippen LogP contribution in [0.1, 0.15) is 22.6 Å². The van der Waals surface area contributed by atoms with Crippen molar-refractivity contribution in [3.8, 4) is 0 Å². The van der Waals surface area contributed by atoms with Gasteiger partial charge in [-0.25, -0.2) is 0 Å². The number of hydrogen-bond acceptors (Lipinski definition) is 0. The van der Waals surface area contributed by atoms with Gasteiger partial charge in [0.2, 0.25) is 0 Å². The third-order valence-corrected chi connectivity index (χ3v) is 3.40. The molecule has 2 radical (unpaired) electrons. The zero-order valence-electron chi connectivity index (χ0n) is 13.2. The minimum Gasteiger partial charge on any atom is -0.0622 e. The fourth-order valence-corrected chi connectivity index (χ4v) is 2.51. The van der Waals surface area contributed by atoms with Crippen LogP contribution in [0.15, 0.2) is 91.0 Å². The summed E-state index contributed by atoms with van der Waals surface area (Å²) >= 11 is 0.230. The maximum atomic E-state index is 2.30. The van der Waals surface area contributed by atoms with Gasteiger partial charge in [0.15, 0.2) is 0 Å². The molecule has 0 unspecified atom stereocenters. The van der Waals surface area contributed by atoms with E-state index in [1.165, 1.54) is 16.7 Å². The van der Waals surface area contributed by atoms with Gasteiger partial charge < -0.3 is 0 Å². The molecule has 3 aromatic rings. The van der Waals surface area contributed by atoms with Crippen LogP contribution >= 0.6 is 0 Å². The molecule has 0 aliphatic heterocycles. The second-order valence-electron chi connectivity index (χ2n) is 5.17. The first-order valence-corrected chi connectivity index (χ1v) is 13.3. The van der Waals surface area contributed by atoms with Crippen LogP contribution in [0.25, 0.3) is 0 Å². The van der Waals surface area contributed by atoms with Gasteiger partial charge in [-0.2, -0.15) is 0 Å². The quantitative estimate of drug-likeness (QED) is 0.398. The molecule has 0 N–H and O–H groups in total. The Kier molecular flexibility index (Phi) is 7.24. The molecule has 0 heterocycles. The minimum absolute atomic E-state index is 0.230. The van der Waals surface area contributed by atoms with E-state index >= 15 is 0 Å². The molecule has 0 atom stereocenters. The van der Waals surface area contributed by atoms with Crippen LogP contribution in [-0.2, 0) is 0 Å². The minimum atomic E-state index is 0.230. The Morgan fingerprint density at radius 2 is 0.727 bits per heavy atom. The molecule has 0 bridgehead atoms. The average molecular weight is 393 g/mol. The van der Waals surface area contributed by atoms with Crippen LogP contribution in [0.5, 0.6) is 0 Å². The average Bonchev–Trinajstić information content (AvgIpc) is 2.59. The van der Waals surface area contributed by atoms with Crippen molar-refractivity contribution >= 4 is 21.1 Å². The maximum Gasteiger partial charge on any atom is 0.0339 e.